The number of hydrogen-bond donors (Lipinski definition) is 1. The molecule has 0 aliphatic rings. The number of carbonyl (C=O) groups excluding carboxylic acids is 1. The van der Waals surface area contributed by atoms with E-state index in [1.165, 1.54) is 0 Å². The molecule has 3 aromatic rings. The molecule has 1 N–H and O–H groups in total. The molecule has 3 heterocycles. The number of nitrogens with one attached hydrogen (secondary N) is 1. The predicted molar refractivity (Wildman–Crippen MR) is 96.0 cm³/mol. The fourth-order valence-electron chi connectivity index (χ4n) is 2.29. The topological polar surface area (TPSA) is 117 Å². The number of amides is 1. The Morgan fingerprint density at radius 1 is 1.15 bits per heavy atom. The molecule has 0 radical (unpaired) electrons. The number of ether oxygens (including phenoxy) is 2. The van der Waals surface area contributed by atoms with Gasteiger partial charge in [0.15, 0.2) is 12.4 Å². The van der Waals surface area contributed by atoms with Crippen LogP contribution >= 0.6 is 0 Å². The minimum atomic E-state index is -0.355. The molecule has 0 saturated carbocycles. The number of nitrogens with zero attached hydrogens (tertiary/aromatic N) is 6. The number of rotatable bonds is 7. The largest absolute Gasteiger partial charge is 0.466 e. The third-order valence-electron chi connectivity index (χ3n) is 3.50. The first-order valence-electron chi connectivity index (χ1n) is 8.31. The number of aromatic nitrogens is 6. The molecule has 0 spiro atoms. The van der Waals surface area contributed by atoms with Crippen LogP contribution in [0.3, 0.4) is 0 Å². The summed E-state index contributed by atoms with van der Waals surface area (Å²) in [6.07, 6.45) is 3.40. The van der Waals surface area contributed by atoms with Crippen LogP contribution in [0.25, 0.3) is 5.82 Å². The van der Waals surface area contributed by atoms with Gasteiger partial charge >= 0.3 is 6.01 Å². The first-order chi connectivity index (χ1) is 13.1. The summed E-state index contributed by atoms with van der Waals surface area (Å²) in [5.41, 5.74) is 1.76. The molecule has 10 nitrogen and oxygen atoms in total. The molecule has 0 unspecified atom stereocenters. The SMILES string of the molecule is CCOc1nc(C)c(NC(=O)COc2ccc(-n3cccn3)nn2)c(C)n1. The van der Waals surface area contributed by atoms with Crippen LogP contribution in [-0.2, 0) is 4.79 Å². The second-order valence-electron chi connectivity index (χ2n) is 5.50. The molecular weight excluding hydrogens is 350 g/mol. The molecule has 0 aliphatic carbocycles. The predicted octanol–water partition coefficient (Wildman–Crippen LogP) is 1.49. The zero-order chi connectivity index (χ0) is 19.2. The van der Waals surface area contributed by atoms with Crippen LogP contribution in [0.2, 0.25) is 0 Å². The van der Waals surface area contributed by atoms with Crippen LogP contribution < -0.4 is 14.8 Å². The zero-order valence-electron chi connectivity index (χ0n) is 15.2. The van der Waals surface area contributed by atoms with Gasteiger partial charge in [0.2, 0.25) is 5.88 Å². The molecule has 10 heteroatoms. The second kappa shape index (κ2) is 8.21. The lowest BCUT2D eigenvalue weighted by Gasteiger charge is -2.12. The van der Waals surface area contributed by atoms with Crippen molar-refractivity contribution in [2.75, 3.05) is 18.5 Å². The maximum Gasteiger partial charge on any atom is 0.316 e. The summed E-state index contributed by atoms with van der Waals surface area (Å²) in [5.74, 6) is 0.430. The summed E-state index contributed by atoms with van der Waals surface area (Å²) < 4.78 is 12.2. The third-order valence-corrected chi connectivity index (χ3v) is 3.50. The van der Waals surface area contributed by atoms with Crippen LogP contribution in [0.4, 0.5) is 5.69 Å². The van der Waals surface area contributed by atoms with Gasteiger partial charge in [0, 0.05) is 18.5 Å². The van der Waals surface area contributed by atoms with Crippen LogP contribution in [0.5, 0.6) is 11.9 Å². The van der Waals surface area contributed by atoms with Gasteiger partial charge in [-0.25, -0.2) is 4.68 Å². The number of hydrogen-bond acceptors (Lipinski definition) is 8. The van der Waals surface area contributed by atoms with E-state index >= 15 is 0 Å². The Morgan fingerprint density at radius 2 is 1.93 bits per heavy atom. The normalized spacial score (nSPS) is 10.5. The molecule has 140 valence electrons. The molecule has 0 bridgehead atoms. The van der Waals surface area contributed by atoms with Crippen molar-refractivity contribution in [1.82, 2.24) is 29.9 Å². The molecule has 0 aromatic carbocycles. The average Bonchev–Trinajstić information content (AvgIpc) is 3.18. The Morgan fingerprint density at radius 3 is 2.52 bits per heavy atom. The molecule has 3 aromatic heterocycles. The Balaban J connectivity index is 1.58. The second-order valence-corrected chi connectivity index (χ2v) is 5.50. The molecular formula is C17H19N7O3. The molecule has 0 fully saturated rings. The van der Waals surface area contributed by atoms with Crippen LogP contribution in [0.1, 0.15) is 18.3 Å². The summed E-state index contributed by atoms with van der Waals surface area (Å²) in [5, 5.41) is 14.7. The summed E-state index contributed by atoms with van der Waals surface area (Å²) in [6.45, 7) is 5.65. The number of aryl methyl sites for hydroxylation is 2. The van der Waals surface area contributed by atoms with Gasteiger partial charge in [-0.3, -0.25) is 4.79 Å². The summed E-state index contributed by atoms with van der Waals surface area (Å²) in [4.78, 5) is 20.6. The Kier molecular flexibility index (Phi) is 5.55. The summed E-state index contributed by atoms with van der Waals surface area (Å²) >= 11 is 0. The van der Waals surface area contributed by atoms with E-state index in [4.69, 9.17) is 9.47 Å². The van der Waals surface area contributed by atoms with Gasteiger partial charge in [-0.15, -0.1) is 10.2 Å². The molecule has 0 atom stereocenters. The monoisotopic (exact) mass is 369 g/mol. The van der Waals surface area contributed by atoms with Crippen molar-refractivity contribution >= 4 is 11.6 Å². The number of anilines is 1. The van der Waals surface area contributed by atoms with Gasteiger partial charge in [0.1, 0.15) is 0 Å². The highest BCUT2D eigenvalue weighted by atomic mass is 16.5. The zero-order valence-corrected chi connectivity index (χ0v) is 15.2. The smallest absolute Gasteiger partial charge is 0.316 e. The first kappa shape index (κ1) is 18.2. The highest BCUT2D eigenvalue weighted by Gasteiger charge is 2.13. The standard InChI is InChI=1S/C17H19N7O3/c1-4-26-17-19-11(2)16(12(3)20-17)21-14(25)10-27-15-7-6-13(22-23-15)24-9-5-8-18-24/h5-9H,4,10H2,1-3H3,(H,21,25). The summed E-state index contributed by atoms with van der Waals surface area (Å²) in [6, 6.07) is 5.38. The van der Waals surface area contributed by atoms with Crippen molar-refractivity contribution in [2.24, 2.45) is 0 Å². The van der Waals surface area contributed by atoms with Crippen molar-refractivity contribution < 1.29 is 14.3 Å². The number of carbonyl (C=O) groups is 1. The van der Waals surface area contributed by atoms with Gasteiger partial charge in [0.25, 0.3) is 5.91 Å². The van der Waals surface area contributed by atoms with E-state index in [0.29, 0.717) is 29.5 Å². The lowest BCUT2D eigenvalue weighted by molar-refractivity contribution is -0.118. The maximum absolute atomic E-state index is 12.2. The molecule has 1 amide bonds. The first-order valence-corrected chi connectivity index (χ1v) is 8.31. The van der Waals surface area contributed by atoms with E-state index in [0.717, 1.165) is 0 Å². The minimum absolute atomic E-state index is 0.220. The average molecular weight is 369 g/mol. The van der Waals surface area contributed by atoms with Crippen molar-refractivity contribution in [3.63, 3.8) is 0 Å². The quantitative estimate of drug-likeness (QED) is 0.666. The van der Waals surface area contributed by atoms with E-state index in [1.54, 1.807) is 49.1 Å². The van der Waals surface area contributed by atoms with Crippen LogP contribution in [0, 0.1) is 13.8 Å². The van der Waals surface area contributed by atoms with Crippen molar-refractivity contribution in [3.05, 3.63) is 42.0 Å². The van der Waals surface area contributed by atoms with Crippen molar-refractivity contribution in [3.8, 4) is 17.7 Å². The Labute approximate surface area is 155 Å². The Bertz CT molecular complexity index is 888. The minimum Gasteiger partial charge on any atom is -0.466 e. The van der Waals surface area contributed by atoms with Crippen molar-refractivity contribution in [2.45, 2.75) is 20.8 Å². The van der Waals surface area contributed by atoms with E-state index in [-0.39, 0.29) is 24.4 Å². The van der Waals surface area contributed by atoms with Gasteiger partial charge in [-0.1, -0.05) is 0 Å². The van der Waals surface area contributed by atoms with Crippen molar-refractivity contribution in [1.29, 1.82) is 0 Å². The van der Waals surface area contributed by atoms with Crippen LogP contribution in [-0.4, -0.2) is 49.1 Å². The fraction of sp³-hybridized carbons (Fsp3) is 0.294. The molecule has 0 aliphatic heterocycles. The lowest BCUT2D eigenvalue weighted by Crippen LogP contribution is -2.22. The van der Waals surface area contributed by atoms with Crippen LogP contribution in [0.15, 0.2) is 30.6 Å². The maximum atomic E-state index is 12.2. The third kappa shape index (κ3) is 4.54. The van der Waals surface area contributed by atoms with E-state index in [1.807, 2.05) is 6.92 Å². The van der Waals surface area contributed by atoms with E-state index < -0.39 is 0 Å². The molecule has 27 heavy (non-hydrogen) atoms. The molecule has 3 rings (SSSR count). The van der Waals surface area contributed by atoms with Gasteiger partial charge in [-0.05, 0) is 32.9 Å². The molecule has 0 saturated heterocycles. The highest BCUT2D eigenvalue weighted by Crippen LogP contribution is 2.19. The van der Waals surface area contributed by atoms with Gasteiger partial charge in [0.05, 0.1) is 23.7 Å². The van der Waals surface area contributed by atoms with E-state index in [2.05, 4.69) is 30.6 Å². The van der Waals surface area contributed by atoms with E-state index in [9.17, 15) is 4.79 Å². The summed E-state index contributed by atoms with van der Waals surface area (Å²) in [7, 11) is 0. The van der Waals surface area contributed by atoms with Gasteiger partial charge < -0.3 is 14.8 Å². The van der Waals surface area contributed by atoms with Gasteiger partial charge in [-0.2, -0.15) is 15.1 Å². The fourth-order valence-corrected chi connectivity index (χ4v) is 2.29. The Hall–Kier alpha value is -3.56. The lowest BCUT2D eigenvalue weighted by atomic mass is 10.3. The highest BCUT2D eigenvalue weighted by molar-refractivity contribution is 5.92.